The average Bonchev–Trinajstić information content (AvgIpc) is 3.48. The van der Waals surface area contributed by atoms with Crippen LogP contribution in [0.3, 0.4) is 0 Å². The zero-order valence-electron chi connectivity index (χ0n) is 18.6. The lowest BCUT2D eigenvalue weighted by Crippen LogP contribution is -2.19. The summed E-state index contributed by atoms with van der Waals surface area (Å²) >= 11 is 0. The zero-order valence-corrected chi connectivity index (χ0v) is 18.6. The highest BCUT2D eigenvalue weighted by atomic mass is 16.5. The summed E-state index contributed by atoms with van der Waals surface area (Å²) in [6, 6.07) is 13.7. The van der Waals surface area contributed by atoms with Crippen molar-refractivity contribution in [1.82, 2.24) is 19.7 Å². The summed E-state index contributed by atoms with van der Waals surface area (Å²) in [4.78, 5) is 21.7. The van der Waals surface area contributed by atoms with Crippen LogP contribution in [0.4, 0.5) is 5.69 Å². The van der Waals surface area contributed by atoms with Gasteiger partial charge >= 0.3 is 0 Å². The third kappa shape index (κ3) is 4.29. The van der Waals surface area contributed by atoms with Gasteiger partial charge in [-0.3, -0.25) is 9.48 Å². The molecule has 33 heavy (non-hydrogen) atoms. The molecule has 5 rings (SSSR count). The lowest BCUT2D eigenvalue weighted by molar-refractivity contribution is -0.118. The number of nitrogens with zero attached hydrogens (tertiary/aromatic N) is 4. The van der Waals surface area contributed by atoms with E-state index in [0.29, 0.717) is 24.5 Å². The van der Waals surface area contributed by atoms with Crippen molar-refractivity contribution in [3.8, 4) is 28.3 Å². The number of fused-ring (bicyclic) bond motifs is 1. The van der Waals surface area contributed by atoms with Gasteiger partial charge in [-0.1, -0.05) is 30.3 Å². The number of ether oxygens (including phenoxy) is 2. The molecule has 1 aliphatic rings. The second kappa shape index (κ2) is 8.99. The van der Waals surface area contributed by atoms with Gasteiger partial charge in [-0.05, 0) is 18.9 Å². The summed E-state index contributed by atoms with van der Waals surface area (Å²) in [7, 11) is 3.47. The van der Waals surface area contributed by atoms with E-state index in [1.54, 1.807) is 11.8 Å². The maximum Gasteiger partial charge on any atom is 0.227 e. The van der Waals surface area contributed by atoms with E-state index >= 15 is 0 Å². The first kappa shape index (κ1) is 21.1. The Balaban J connectivity index is 1.57. The van der Waals surface area contributed by atoms with E-state index in [1.165, 1.54) is 6.33 Å². The zero-order chi connectivity index (χ0) is 22.8. The molecule has 1 fully saturated rings. The van der Waals surface area contributed by atoms with Gasteiger partial charge in [0.25, 0.3) is 0 Å². The van der Waals surface area contributed by atoms with Gasteiger partial charge in [-0.2, -0.15) is 5.10 Å². The number of aryl methyl sites for hydroxylation is 1. The Morgan fingerprint density at radius 3 is 2.82 bits per heavy atom. The fourth-order valence-corrected chi connectivity index (χ4v) is 4.25. The molecule has 0 unspecified atom stereocenters. The number of rotatable bonds is 6. The molecule has 8 nitrogen and oxygen atoms in total. The van der Waals surface area contributed by atoms with Crippen LogP contribution < -0.4 is 10.1 Å². The van der Waals surface area contributed by atoms with Crippen LogP contribution in [0.1, 0.15) is 19.3 Å². The fraction of sp³-hybridized carbons (Fsp3) is 0.280. The number of carbonyl (C=O) groups is 1. The number of methoxy groups -OCH3 is 1. The van der Waals surface area contributed by atoms with Crippen molar-refractivity contribution in [3.05, 3.63) is 55.0 Å². The summed E-state index contributed by atoms with van der Waals surface area (Å²) in [6.45, 7) is 0.715. The molecule has 1 aliphatic heterocycles. The molecular formula is C25H25N5O3. The van der Waals surface area contributed by atoms with Crippen LogP contribution in [-0.4, -0.2) is 45.5 Å². The second-order valence-electron chi connectivity index (χ2n) is 8.11. The van der Waals surface area contributed by atoms with Crippen molar-refractivity contribution in [2.45, 2.75) is 25.4 Å². The summed E-state index contributed by atoms with van der Waals surface area (Å²) in [5, 5.41) is 8.47. The molecule has 8 heteroatoms. The first-order valence-corrected chi connectivity index (χ1v) is 11.0. The van der Waals surface area contributed by atoms with Crippen molar-refractivity contribution >= 4 is 22.5 Å². The predicted octanol–water partition coefficient (Wildman–Crippen LogP) is 4.21. The number of hydrogen-bond donors (Lipinski definition) is 1. The number of aromatic nitrogens is 4. The van der Waals surface area contributed by atoms with Gasteiger partial charge in [0.2, 0.25) is 5.91 Å². The molecule has 2 aromatic carbocycles. The summed E-state index contributed by atoms with van der Waals surface area (Å²) in [5.74, 6) is 0.437. The van der Waals surface area contributed by atoms with Gasteiger partial charge in [-0.25, -0.2) is 9.97 Å². The molecule has 1 atom stereocenters. The summed E-state index contributed by atoms with van der Waals surface area (Å²) in [5.41, 5.74) is 4.75. The molecule has 2 aromatic heterocycles. The lowest BCUT2D eigenvalue weighted by Gasteiger charge is -2.14. The molecule has 0 bridgehead atoms. The van der Waals surface area contributed by atoms with E-state index < -0.39 is 0 Å². The fourth-order valence-electron chi connectivity index (χ4n) is 4.25. The molecule has 0 aliphatic carbocycles. The minimum atomic E-state index is -0.107. The van der Waals surface area contributed by atoms with Gasteiger partial charge in [-0.15, -0.1) is 0 Å². The van der Waals surface area contributed by atoms with Crippen LogP contribution in [0.15, 0.2) is 55.0 Å². The number of anilines is 1. The van der Waals surface area contributed by atoms with Crippen LogP contribution >= 0.6 is 0 Å². The van der Waals surface area contributed by atoms with Crippen LogP contribution in [0, 0.1) is 0 Å². The molecule has 1 N–H and O–H groups in total. The highest BCUT2D eigenvalue weighted by Gasteiger charge is 2.21. The van der Waals surface area contributed by atoms with Crippen LogP contribution in [0.5, 0.6) is 5.75 Å². The first-order valence-electron chi connectivity index (χ1n) is 11.0. The smallest absolute Gasteiger partial charge is 0.227 e. The van der Waals surface area contributed by atoms with Crippen molar-refractivity contribution < 1.29 is 14.3 Å². The molecule has 1 saturated heterocycles. The van der Waals surface area contributed by atoms with Gasteiger partial charge in [0, 0.05) is 42.4 Å². The van der Waals surface area contributed by atoms with E-state index in [2.05, 4.69) is 20.4 Å². The number of carbonyl (C=O) groups excluding carboxylic acids is 1. The van der Waals surface area contributed by atoms with Crippen molar-refractivity contribution in [2.75, 3.05) is 19.0 Å². The standard InChI is InChI=1S/C25H25N5O3/c1-30-14-19(24(29-30)16-7-4-3-5-8-16)25-18-12-21(22(32-2)13-20(18)26-15-27-25)28-23(31)11-17-9-6-10-33-17/h3-5,7-8,12-15,17H,6,9-11H2,1-2H3,(H,28,31)/t17-/m0/s1. The van der Waals surface area contributed by atoms with Crippen LogP contribution in [0.2, 0.25) is 0 Å². The lowest BCUT2D eigenvalue weighted by atomic mass is 10.0. The third-order valence-electron chi connectivity index (χ3n) is 5.80. The molecule has 0 radical (unpaired) electrons. The molecular weight excluding hydrogens is 418 g/mol. The van der Waals surface area contributed by atoms with E-state index in [0.717, 1.165) is 46.3 Å². The van der Waals surface area contributed by atoms with Crippen LogP contribution in [0.25, 0.3) is 33.4 Å². The van der Waals surface area contributed by atoms with Crippen molar-refractivity contribution in [2.24, 2.45) is 7.05 Å². The normalized spacial score (nSPS) is 15.6. The molecule has 0 saturated carbocycles. The third-order valence-corrected chi connectivity index (χ3v) is 5.80. The largest absolute Gasteiger partial charge is 0.494 e. The van der Waals surface area contributed by atoms with E-state index in [-0.39, 0.29) is 12.0 Å². The summed E-state index contributed by atoms with van der Waals surface area (Å²) in [6.07, 6.45) is 5.67. The van der Waals surface area contributed by atoms with E-state index in [1.807, 2.05) is 55.7 Å². The Morgan fingerprint density at radius 1 is 1.21 bits per heavy atom. The quantitative estimate of drug-likeness (QED) is 0.480. The Bertz CT molecular complexity index is 1300. The highest BCUT2D eigenvalue weighted by molar-refractivity contribution is 6.01. The van der Waals surface area contributed by atoms with Gasteiger partial charge < -0.3 is 14.8 Å². The highest BCUT2D eigenvalue weighted by Crippen LogP contribution is 2.37. The molecule has 3 heterocycles. The average molecular weight is 444 g/mol. The number of benzene rings is 2. The SMILES string of the molecule is COc1cc2ncnc(-c3cn(C)nc3-c3ccccc3)c2cc1NC(=O)C[C@@H]1CCCO1. The minimum Gasteiger partial charge on any atom is -0.494 e. The van der Waals surface area contributed by atoms with E-state index in [9.17, 15) is 4.79 Å². The van der Waals surface area contributed by atoms with E-state index in [4.69, 9.17) is 9.47 Å². The van der Waals surface area contributed by atoms with Crippen molar-refractivity contribution in [1.29, 1.82) is 0 Å². The first-order chi connectivity index (χ1) is 16.1. The maximum atomic E-state index is 12.7. The molecule has 0 spiro atoms. The Labute approximate surface area is 191 Å². The Hall–Kier alpha value is -3.78. The number of hydrogen-bond acceptors (Lipinski definition) is 6. The molecule has 4 aromatic rings. The number of amides is 1. The van der Waals surface area contributed by atoms with Crippen LogP contribution in [-0.2, 0) is 16.6 Å². The number of nitrogens with one attached hydrogen (secondary N) is 1. The Morgan fingerprint density at radius 2 is 2.06 bits per heavy atom. The van der Waals surface area contributed by atoms with Gasteiger partial charge in [0.1, 0.15) is 17.8 Å². The molecule has 168 valence electrons. The monoisotopic (exact) mass is 443 g/mol. The van der Waals surface area contributed by atoms with Gasteiger partial charge in [0.05, 0.1) is 36.5 Å². The topological polar surface area (TPSA) is 91.2 Å². The molecule has 1 amide bonds. The maximum absolute atomic E-state index is 12.7. The second-order valence-corrected chi connectivity index (χ2v) is 8.11. The Kier molecular flexibility index (Phi) is 5.75. The minimum absolute atomic E-state index is 0.0285. The van der Waals surface area contributed by atoms with Crippen molar-refractivity contribution in [3.63, 3.8) is 0 Å². The van der Waals surface area contributed by atoms with Gasteiger partial charge in [0.15, 0.2) is 0 Å². The predicted molar refractivity (Wildman–Crippen MR) is 126 cm³/mol. The summed E-state index contributed by atoms with van der Waals surface area (Å²) < 4.78 is 12.9.